The molecule has 1 heterocycles. The highest BCUT2D eigenvalue weighted by Gasteiger charge is 2.45. The molecule has 0 saturated heterocycles. The Bertz CT molecular complexity index is 977. The third kappa shape index (κ3) is 7.12. The van der Waals surface area contributed by atoms with E-state index in [-0.39, 0.29) is 12.3 Å². The Morgan fingerprint density at radius 3 is 2.38 bits per heavy atom. The van der Waals surface area contributed by atoms with Gasteiger partial charge in [-0.15, -0.1) is 0 Å². The van der Waals surface area contributed by atoms with Gasteiger partial charge in [-0.25, -0.2) is 4.79 Å². The fraction of sp³-hybridized carbons (Fsp3) is 0.381. The zero-order valence-electron chi connectivity index (χ0n) is 17.4. The van der Waals surface area contributed by atoms with Gasteiger partial charge in [-0.2, -0.15) is 13.2 Å². The monoisotopic (exact) mass is 455 g/mol. The standard InChI is InChI=1S/C21H24F3N3O5/c1-13(2)17(18(29)21(22,23)24)26-16(28)11-27-10-6-9-15(19(27)30)25-20(31)32-12-14-7-4-3-5-8-14/h3-10,13,17-18,29H,11-12H2,1-2H3,(H,25,31)(H,26,28). The lowest BCUT2D eigenvalue weighted by atomic mass is 9.98. The molecule has 0 aliphatic carbocycles. The lowest BCUT2D eigenvalue weighted by Crippen LogP contribution is -2.53. The Hall–Kier alpha value is -3.34. The molecule has 2 unspecified atom stereocenters. The highest BCUT2D eigenvalue weighted by Crippen LogP contribution is 2.25. The summed E-state index contributed by atoms with van der Waals surface area (Å²) >= 11 is 0. The Kier molecular flexibility index (Phi) is 8.41. The number of hydrogen-bond acceptors (Lipinski definition) is 5. The van der Waals surface area contributed by atoms with Crippen LogP contribution in [0.1, 0.15) is 19.4 Å². The molecule has 8 nitrogen and oxygen atoms in total. The van der Waals surface area contributed by atoms with Crippen molar-refractivity contribution >= 4 is 17.7 Å². The first-order chi connectivity index (χ1) is 15.0. The Labute approximate surface area is 182 Å². The number of anilines is 1. The molecule has 0 fully saturated rings. The van der Waals surface area contributed by atoms with E-state index in [2.05, 4.69) is 10.6 Å². The smallest absolute Gasteiger partial charge is 0.416 e. The number of rotatable bonds is 8. The number of pyridine rings is 1. The number of hydrogen-bond donors (Lipinski definition) is 3. The molecule has 2 amide bonds. The highest BCUT2D eigenvalue weighted by atomic mass is 19.4. The van der Waals surface area contributed by atoms with Gasteiger partial charge in [0.1, 0.15) is 18.8 Å². The van der Waals surface area contributed by atoms with E-state index in [1.165, 1.54) is 32.2 Å². The van der Waals surface area contributed by atoms with E-state index in [0.29, 0.717) is 0 Å². The van der Waals surface area contributed by atoms with Gasteiger partial charge in [-0.1, -0.05) is 44.2 Å². The van der Waals surface area contributed by atoms with Crippen molar-refractivity contribution in [1.82, 2.24) is 9.88 Å². The molecule has 2 rings (SSSR count). The van der Waals surface area contributed by atoms with Gasteiger partial charge >= 0.3 is 12.3 Å². The maximum atomic E-state index is 12.8. The molecule has 2 atom stereocenters. The number of benzene rings is 1. The number of ether oxygens (including phenoxy) is 1. The summed E-state index contributed by atoms with van der Waals surface area (Å²) < 4.78 is 44.5. The predicted molar refractivity (Wildman–Crippen MR) is 110 cm³/mol. The van der Waals surface area contributed by atoms with Crippen molar-refractivity contribution < 1.29 is 32.6 Å². The number of halogens is 3. The fourth-order valence-electron chi connectivity index (χ4n) is 2.83. The van der Waals surface area contributed by atoms with Crippen LogP contribution in [0, 0.1) is 5.92 Å². The van der Waals surface area contributed by atoms with E-state index < -0.39 is 48.3 Å². The molecule has 11 heteroatoms. The summed E-state index contributed by atoms with van der Waals surface area (Å²) in [4.78, 5) is 36.7. The van der Waals surface area contributed by atoms with E-state index in [0.717, 1.165) is 10.1 Å². The molecule has 3 N–H and O–H groups in total. The largest absolute Gasteiger partial charge is 0.444 e. The van der Waals surface area contributed by atoms with Crippen LogP contribution in [0.25, 0.3) is 0 Å². The van der Waals surface area contributed by atoms with E-state index in [1.54, 1.807) is 30.3 Å². The molecule has 1 aromatic carbocycles. The molecular weight excluding hydrogens is 431 g/mol. The molecule has 0 radical (unpaired) electrons. The highest BCUT2D eigenvalue weighted by molar-refractivity contribution is 5.84. The zero-order chi connectivity index (χ0) is 23.9. The van der Waals surface area contributed by atoms with Crippen molar-refractivity contribution in [2.45, 2.75) is 45.3 Å². The Morgan fingerprint density at radius 2 is 1.78 bits per heavy atom. The van der Waals surface area contributed by atoms with Crippen molar-refractivity contribution in [3.8, 4) is 0 Å². The van der Waals surface area contributed by atoms with Crippen LogP contribution in [0.4, 0.5) is 23.7 Å². The molecule has 0 spiro atoms. The summed E-state index contributed by atoms with van der Waals surface area (Å²) in [5, 5.41) is 13.9. The van der Waals surface area contributed by atoms with Gasteiger partial charge in [0.2, 0.25) is 5.91 Å². The summed E-state index contributed by atoms with van der Waals surface area (Å²) in [6.45, 7) is 2.20. The van der Waals surface area contributed by atoms with Crippen LogP contribution in [0.2, 0.25) is 0 Å². The molecule has 32 heavy (non-hydrogen) atoms. The molecule has 0 bridgehead atoms. The second-order valence-electron chi connectivity index (χ2n) is 7.37. The lowest BCUT2D eigenvalue weighted by Gasteiger charge is -2.28. The van der Waals surface area contributed by atoms with Crippen molar-refractivity contribution in [3.63, 3.8) is 0 Å². The van der Waals surface area contributed by atoms with Crippen LogP contribution in [-0.4, -0.2) is 40.0 Å². The van der Waals surface area contributed by atoms with Gasteiger partial charge in [0, 0.05) is 6.20 Å². The van der Waals surface area contributed by atoms with Crippen LogP contribution in [-0.2, 0) is 22.7 Å². The average molecular weight is 455 g/mol. The number of nitrogens with one attached hydrogen (secondary N) is 2. The van der Waals surface area contributed by atoms with Gasteiger partial charge in [0.15, 0.2) is 6.10 Å². The maximum Gasteiger partial charge on any atom is 0.416 e. The van der Waals surface area contributed by atoms with Crippen LogP contribution < -0.4 is 16.2 Å². The van der Waals surface area contributed by atoms with Crippen LogP contribution >= 0.6 is 0 Å². The summed E-state index contributed by atoms with van der Waals surface area (Å²) in [7, 11) is 0. The minimum atomic E-state index is -4.91. The second kappa shape index (κ2) is 10.8. The summed E-state index contributed by atoms with van der Waals surface area (Å²) in [5.41, 5.74) is -0.184. The fourth-order valence-corrected chi connectivity index (χ4v) is 2.83. The van der Waals surface area contributed by atoms with Crippen molar-refractivity contribution in [2.24, 2.45) is 5.92 Å². The molecule has 174 valence electrons. The summed E-state index contributed by atoms with van der Waals surface area (Å²) in [6.07, 6.45) is -7.31. The second-order valence-corrected chi connectivity index (χ2v) is 7.37. The van der Waals surface area contributed by atoms with Crippen LogP contribution in [0.15, 0.2) is 53.5 Å². The molecule has 2 aromatic rings. The van der Waals surface area contributed by atoms with Crippen LogP contribution in [0.3, 0.4) is 0 Å². The number of alkyl halides is 3. The first kappa shape index (κ1) is 24.9. The number of nitrogens with zero attached hydrogens (tertiary/aromatic N) is 1. The number of aliphatic hydroxyl groups excluding tert-OH is 1. The maximum absolute atomic E-state index is 12.8. The van der Waals surface area contributed by atoms with Crippen molar-refractivity contribution in [1.29, 1.82) is 0 Å². The van der Waals surface area contributed by atoms with Crippen molar-refractivity contribution in [2.75, 3.05) is 5.32 Å². The van der Waals surface area contributed by atoms with E-state index >= 15 is 0 Å². The number of aromatic nitrogens is 1. The molecule has 0 aliphatic rings. The van der Waals surface area contributed by atoms with Gasteiger partial charge in [-0.3, -0.25) is 14.9 Å². The molecule has 1 aromatic heterocycles. The van der Waals surface area contributed by atoms with Crippen LogP contribution in [0.5, 0.6) is 0 Å². The van der Waals surface area contributed by atoms with Gasteiger partial charge < -0.3 is 19.7 Å². The summed E-state index contributed by atoms with van der Waals surface area (Å²) in [5.74, 6) is -1.63. The minimum Gasteiger partial charge on any atom is -0.444 e. The molecule has 0 saturated carbocycles. The average Bonchev–Trinajstić information content (AvgIpc) is 2.73. The third-order valence-corrected chi connectivity index (χ3v) is 4.51. The number of aliphatic hydroxyl groups is 1. The first-order valence-electron chi connectivity index (χ1n) is 9.70. The lowest BCUT2D eigenvalue weighted by molar-refractivity contribution is -0.215. The number of carbonyl (C=O) groups excluding carboxylic acids is 2. The Balaban J connectivity index is 2.02. The number of amides is 2. The molecule has 0 aliphatic heterocycles. The van der Waals surface area contributed by atoms with Gasteiger partial charge in [0.05, 0.1) is 6.04 Å². The predicted octanol–water partition coefficient (Wildman–Crippen LogP) is 2.66. The van der Waals surface area contributed by atoms with Crippen molar-refractivity contribution in [3.05, 3.63) is 64.6 Å². The third-order valence-electron chi connectivity index (χ3n) is 4.51. The van der Waals surface area contributed by atoms with E-state index in [4.69, 9.17) is 4.74 Å². The zero-order valence-corrected chi connectivity index (χ0v) is 17.4. The van der Waals surface area contributed by atoms with E-state index in [1.807, 2.05) is 0 Å². The van der Waals surface area contributed by atoms with E-state index in [9.17, 15) is 32.7 Å². The Morgan fingerprint density at radius 1 is 1.12 bits per heavy atom. The quantitative estimate of drug-likeness (QED) is 0.567. The van der Waals surface area contributed by atoms with Gasteiger partial charge in [0.25, 0.3) is 5.56 Å². The molecular formula is C21H24F3N3O5. The topological polar surface area (TPSA) is 110 Å². The minimum absolute atomic E-state index is 0.0196. The van der Waals surface area contributed by atoms with Gasteiger partial charge in [-0.05, 0) is 23.6 Å². The summed E-state index contributed by atoms with van der Waals surface area (Å²) in [6, 6.07) is 9.94. The first-order valence-corrected chi connectivity index (χ1v) is 9.70. The SMILES string of the molecule is CC(C)C(NC(=O)Cn1cccc(NC(=O)OCc2ccccc2)c1=O)C(O)C(F)(F)F. The number of carbonyl (C=O) groups is 2. The normalized spacial score (nSPS) is 13.3.